The van der Waals surface area contributed by atoms with Crippen molar-refractivity contribution in [3.63, 3.8) is 0 Å². The van der Waals surface area contributed by atoms with Crippen LogP contribution in [0.3, 0.4) is 0 Å². The molecule has 1 atom stereocenters. The van der Waals surface area contributed by atoms with Crippen LogP contribution in [0.25, 0.3) is 10.4 Å². The number of allylic oxidation sites excluding steroid dienone is 2. The van der Waals surface area contributed by atoms with E-state index in [2.05, 4.69) is 0 Å². The minimum Gasteiger partial charge on any atom is -0.224 e. The number of hydrogen-bond donors (Lipinski definition) is 0. The van der Waals surface area contributed by atoms with Crippen molar-refractivity contribution >= 4 is 11.3 Å². The molecule has 128 valence electrons. The van der Waals surface area contributed by atoms with E-state index in [0.29, 0.717) is 5.56 Å². The van der Waals surface area contributed by atoms with E-state index in [0.717, 1.165) is 28.3 Å². The molecule has 0 fully saturated rings. The highest BCUT2D eigenvalue weighted by Gasteiger charge is 2.81. The molecule has 2 aromatic rings. The Morgan fingerprint density at radius 1 is 0.917 bits per heavy atom. The number of hydrogen-bond acceptors (Lipinski definition) is 1. The molecule has 24 heavy (non-hydrogen) atoms. The molecule has 0 bridgehead atoms. The van der Waals surface area contributed by atoms with Crippen LogP contribution < -0.4 is 0 Å². The van der Waals surface area contributed by atoms with Gasteiger partial charge in [-0.1, -0.05) is 24.3 Å². The van der Waals surface area contributed by atoms with Gasteiger partial charge in [-0.3, -0.25) is 0 Å². The molecule has 0 nitrogen and oxygen atoms in total. The summed E-state index contributed by atoms with van der Waals surface area (Å²) in [6.45, 7) is 1.71. The maximum absolute atomic E-state index is 14.7. The van der Waals surface area contributed by atoms with E-state index in [4.69, 9.17) is 0 Å². The Morgan fingerprint density at radius 2 is 1.54 bits per heavy atom. The number of aryl methyl sites for hydroxylation is 1. The molecule has 0 saturated heterocycles. The average molecular weight is 366 g/mol. The second kappa shape index (κ2) is 5.08. The van der Waals surface area contributed by atoms with Crippen molar-refractivity contribution in [3.05, 3.63) is 58.5 Å². The van der Waals surface area contributed by atoms with Crippen molar-refractivity contribution in [3.8, 4) is 10.4 Å². The topological polar surface area (TPSA) is 0 Å². The monoisotopic (exact) mass is 366 g/mol. The molecule has 1 unspecified atom stereocenters. The van der Waals surface area contributed by atoms with Gasteiger partial charge in [-0.15, -0.1) is 11.3 Å². The smallest absolute Gasteiger partial charge is 0.224 e. The van der Waals surface area contributed by atoms with E-state index in [-0.39, 0.29) is 4.88 Å². The lowest BCUT2D eigenvalue weighted by Gasteiger charge is -2.28. The highest BCUT2D eigenvalue weighted by atomic mass is 32.1. The fourth-order valence-corrected chi connectivity index (χ4v) is 3.63. The number of alkyl halides is 5. The number of thiophene rings is 1. The maximum Gasteiger partial charge on any atom is 0.367 e. The van der Waals surface area contributed by atoms with Gasteiger partial charge in [-0.2, -0.15) is 17.6 Å². The molecule has 0 N–H and O–H groups in total. The average Bonchev–Trinajstić information content (AvgIpc) is 3.05. The summed E-state index contributed by atoms with van der Waals surface area (Å²) in [6, 6.07) is 7.52. The van der Waals surface area contributed by atoms with E-state index < -0.39 is 34.7 Å². The van der Waals surface area contributed by atoms with Crippen molar-refractivity contribution < 1.29 is 30.7 Å². The standard InChI is InChI=1S/C16H9F7S/c1-8-4-2-3-5-10(8)11-6-9(7-24-11)14(19)12(17)13(18)15(20,21)16(14,22)23/h2-7H,1H3. The number of halogens is 7. The Morgan fingerprint density at radius 3 is 2.08 bits per heavy atom. The molecular formula is C16H9F7S. The molecule has 0 saturated carbocycles. The van der Waals surface area contributed by atoms with E-state index in [1.54, 1.807) is 31.2 Å². The van der Waals surface area contributed by atoms with Gasteiger partial charge in [0, 0.05) is 10.4 Å². The molecule has 3 rings (SSSR count). The molecule has 1 heterocycles. The van der Waals surface area contributed by atoms with E-state index in [9.17, 15) is 30.7 Å². The lowest BCUT2D eigenvalue weighted by atomic mass is 9.91. The van der Waals surface area contributed by atoms with Crippen LogP contribution in [0.2, 0.25) is 0 Å². The third kappa shape index (κ3) is 1.92. The number of rotatable bonds is 2. The zero-order valence-corrected chi connectivity index (χ0v) is 12.8. The normalized spacial score (nSPS) is 25.3. The van der Waals surface area contributed by atoms with E-state index >= 15 is 0 Å². The van der Waals surface area contributed by atoms with Crippen LogP contribution in [0.1, 0.15) is 11.1 Å². The summed E-state index contributed by atoms with van der Waals surface area (Å²) >= 11 is 0.776. The van der Waals surface area contributed by atoms with Gasteiger partial charge in [-0.25, -0.2) is 13.2 Å². The minimum absolute atomic E-state index is 0.277. The van der Waals surface area contributed by atoms with E-state index in [1.165, 1.54) is 0 Å². The van der Waals surface area contributed by atoms with Gasteiger partial charge < -0.3 is 0 Å². The van der Waals surface area contributed by atoms with Crippen LogP contribution in [0.5, 0.6) is 0 Å². The maximum atomic E-state index is 14.7. The Bertz CT molecular complexity index is 836. The molecule has 1 aliphatic rings. The summed E-state index contributed by atoms with van der Waals surface area (Å²) in [5, 5.41) is 0.796. The zero-order valence-electron chi connectivity index (χ0n) is 12.0. The minimum atomic E-state index is -5.57. The Hall–Kier alpha value is -1.83. The molecule has 8 heteroatoms. The quantitative estimate of drug-likeness (QED) is 0.546. The highest BCUT2D eigenvalue weighted by Crippen LogP contribution is 2.64. The molecule has 0 aliphatic heterocycles. The van der Waals surface area contributed by atoms with Crippen LogP contribution in [0, 0.1) is 6.92 Å². The van der Waals surface area contributed by atoms with Gasteiger partial charge in [0.25, 0.3) is 5.67 Å². The predicted octanol–water partition coefficient (Wildman–Crippen LogP) is 6.32. The van der Waals surface area contributed by atoms with Crippen molar-refractivity contribution in [2.24, 2.45) is 0 Å². The van der Waals surface area contributed by atoms with Gasteiger partial charge in [0.15, 0.2) is 5.83 Å². The lowest BCUT2D eigenvalue weighted by Crippen LogP contribution is -2.49. The highest BCUT2D eigenvalue weighted by molar-refractivity contribution is 7.13. The first kappa shape index (κ1) is 17.0. The molecule has 0 amide bonds. The molecule has 0 radical (unpaired) electrons. The Kier molecular flexibility index (Phi) is 3.60. The van der Waals surface area contributed by atoms with Gasteiger partial charge in [0.1, 0.15) is 0 Å². The summed E-state index contributed by atoms with van der Waals surface area (Å²) in [4.78, 5) is 0.277. The third-order valence-electron chi connectivity index (χ3n) is 4.01. The van der Waals surface area contributed by atoms with Gasteiger partial charge in [-0.05, 0) is 29.5 Å². The summed E-state index contributed by atoms with van der Waals surface area (Å²) < 4.78 is 95.8. The van der Waals surface area contributed by atoms with Crippen molar-refractivity contribution in [1.82, 2.24) is 0 Å². The van der Waals surface area contributed by atoms with Crippen molar-refractivity contribution in [2.45, 2.75) is 24.4 Å². The molecule has 1 aromatic carbocycles. The molecule has 1 aromatic heterocycles. The van der Waals surface area contributed by atoms with Crippen LogP contribution in [0.15, 0.2) is 47.4 Å². The Balaban J connectivity index is 2.15. The van der Waals surface area contributed by atoms with Gasteiger partial charge in [0.2, 0.25) is 5.83 Å². The summed E-state index contributed by atoms with van der Waals surface area (Å²) in [5.41, 5.74) is -4.31. The van der Waals surface area contributed by atoms with Gasteiger partial charge in [0.05, 0.1) is 0 Å². The summed E-state index contributed by atoms with van der Waals surface area (Å²) in [6.07, 6.45) is 0. The fourth-order valence-electron chi connectivity index (χ4n) is 2.60. The third-order valence-corrected chi connectivity index (χ3v) is 4.97. The second-order valence-corrected chi connectivity index (χ2v) is 6.36. The van der Waals surface area contributed by atoms with Crippen LogP contribution >= 0.6 is 11.3 Å². The number of benzene rings is 1. The zero-order chi connectivity index (χ0) is 17.9. The van der Waals surface area contributed by atoms with Crippen LogP contribution in [-0.2, 0) is 5.67 Å². The van der Waals surface area contributed by atoms with E-state index in [1.807, 2.05) is 0 Å². The van der Waals surface area contributed by atoms with Crippen molar-refractivity contribution in [2.75, 3.05) is 0 Å². The van der Waals surface area contributed by atoms with Crippen LogP contribution in [-0.4, -0.2) is 11.8 Å². The van der Waals surface area contributed by atoms with Crippen molar-refractivity contribution in [1.29, 1.82) is 0 Å². The summed E-state index contributed by atoms with van der Waals surface area (Å²) in [7, 11) is 0. The summed E-state index contributed by atoms with van der Waals surface area (Å²) in [5.74, 6) is -17.0. The fraction of sp³-hybridized carbons (Fsp3) is 0.250. The largest absolute Gasteiger partial charge is 0.367 e. The first-order valence-corrected chi connectivity index (χ1v) is 7.59. The predicted molar refractivity (Wildman–Crippen MR) is 76.4 cm³/mol. The molecule has 0 spiro atoms. The SMILES string of the molecule is Cc1ccccc1-c1cc(C2(F)C(F)=C(F)C(F)(F)C2(F)F)cs1. The van der Waals surface area contributed by atoms with Crippen LogP contribution in [0.4, 0.5) is 30.7 Å². The molecule has 1 aliphatic carbocycles. The first-order valence-electron chi connectivity index (χ1n) is 6.71. The van der Waals surface area contributed by atoms with Gasteiger partial charge >= 0.3 is 11.8 Å². The second-order valence-electron chi connectivity index (χ2n) is 5.45. The lowest BCUT2D eigenvalue weighted by molar-refractivity contribution is -0.239. The Labute approximate surface area is 136 Å². The molecular weight excluding hydrogens is 357 g/mol. The first-order chi connectivity index (χ1) is 11.0.